The minimum Gasteiger partial charge on any atom is -0.483 e. The highest BCUT2D eigenvalue weighted by Crippen LogP contribution is 2.28. The van der Waals surface area contributed by atoms with Gasteiger partial charge in [0.25, 0.3) is 11.6 Å². The zero-order valence-corrected chi connectivity index (χ0v) is 14.3. The van der Waals surface area contributed by atoms with Gasteiger partial charge in [-0.05, 0) is 46.6 Å². The summed E-state index contributed by atoms with van der Waals surface area (Å²) in [5, 5.41) is 13.9. The zero-order chi connectivity index (χ0) is 17.0. The predicted octanol–water partition coefficient (Wildman–Crippen LogP) is 4.34. The molecule has 0 aliphatic heterocycles. The van der Waals surface area contributed by atoms with E-state index in [1.165, 1.54) is 12.1 Å². The van der Waals surface area contributed by atoms with E-state index in [1.54, 1.807) is 31.2 Å². The van der Waals surface area contributed by atoms with Gasteiger partial charge in [0, 0.05) is 17.2 Å². The number of aryl methyl sites for hydroxylation is 1. The number of anilines is 1. The lowest BCUT2D eigenvalue weighted by molar-refractivity contribution is -0.384. The Balaban J connectivity index is 2.02. The van der Waals surface area contributed by atoms with Crippen LogP contribution in [0.25, 0.3) is 0 Å². The van der Waals surface area contributed by atoms with Gasteiger partial charge in [0.1, 0.15) is 5.75 Å². The van der Waals surface area contributed by atoms with Crippen molar-refractivity contribution in [3.63, 3.8) is 0 Å². The van der Waals surface area contributed by atoms with Gasteiger partial charge in [-0.3, -0.25) is 14.9 Å². The van der Waals surface area contributed by atoms with Crippen molar-refractivity contribution in [3.8, 4) is 5.75 Å². The molecule has 0 bridgehead atoms. The molecule has 2 rings (SSSR count). The third kappa shape index (κ3) is 4.67. The molecule has 2 aromatic carbocycles. The quantitative estimate of drug-likeness (QED) is 0.599. The number of nitro groups is 1. The predicted molar refractivity (Wildman–Crippen MR) is 91.1 cm³/mol. The molecule has 0 radical (unpaired) electrons. The van der Waals surface area contributed by atoms with Crippen LogP contribution in [-0.2, 0) is 4.79 Å². The Hall–Kier alpha value is -2.12. The van der Waals surface area contributed by atoms with E-state index in [0.717, 1.165) is 5.56 Å². The molecule has 0 unspecified atom stereocenters. The fraction of sp³-hybridized carbons (Fsp3) is 0.133. The van der Waals surface area contributed by atoms with Crippen LogP contribution in [0.3, 0.4) is 0 Å². The van der Waals surface area contributed by atoms with E-state index < -0.39 is 10.8 Å². The number of rotatable bonds is 5. The summed E-state index contributed by atoms with van der Waals surface area (Å²) in [4.78, 5) is 22.2. The number of nitrogens with zero attached hydrogens (tertiary/aromatic N) is 1. The number of hydrogen-bond donors (Lipinski definition) is 1. The van der Waals surface area contributed by atoms with Crippen LogP contribution in [0, 0.1) is 17.0 Å². The molecule has 0 aliphatic carbocycles. The van der Waals surface area contributed by atoms with E-state index >= 15 is 0 Å². The third-order valence-electron chi connectivity index (χ3n) is 2.96. The highest BCUT2D eigenvalue weighted by Gasteiger charge is 2.12. The van der Waals surface area contributed by atoms with Crippen LogP contribution in [0.1, 0.15) is 5.56 Å². The smallest absolute Gasteiger partial charge is 0.271 e. The summed E-state index contributed by atoms with van der Waals surface area (Å²) in [7, 11) is 0. The number of amides is 1. The zero-order valence-electron chi connectivity index (χ0n) is 12.0. The molecule has 0 spiro atoms. The first-order valence-corrected chi connectivity index (χ1v) is 7.66. The van der Waals surface area contributed by atoms with Crippen LogP contribution in [0.4, 0.5) is 11.4 Å². The first kappa shape index (κ1) is 17.2. The number of nitro benzene ring substituents is 1. The summed E-state index contributed by atoms with van der Waals surface area (Å²) >= 11 is 9.11. The molecule has 23 heavy (non-hydrogen) atoms. The molecule has 0 aromatic heterocycles. The van der Waals surface area contributed by atoms with Gasteiger partial charge >= 0.3 is 0 Å². The monoisotopic (exact) mass is 398 g/mol. The van der Waals surface area contributed by atoms with Crippen LogP contribution >= 0.6 is 27.5 Å². The summed E-state index contributed by atoms with van der Waals surface area (Å²) < 4.78 is 6.02. The number of non-ortho nitro benzene ring substituents is 1. The standard InChI is InChI=1S/C15H12BrClN2O4/c1-9-2-4-11(19(21)22)7-13(9)18-15(20)8-23-14-5-3-10(17)6-12(14)16/h2-7H,8H2,1H3,(H,18,20). The SMILES string of the molecule is Cc1ccc([N+](=O)[O-])cc1NC(=O)COc1ccc(Cl)cc1Br. The van der Waals surface area contributed by atoms with E-state index in [0.29, 0.717) is 20.9 Å². The maximum atomic E-state index is 12.0. The van der Waals surface area contributed by atoms with Crippen molar-refractivity contribution in [2.45, 2.75) is 6.92 Å². The van der Waals surface area contributed by atoms with Gasteiger partial charge in [-0.1, -0.05) is 17.7 Å². The fourth-order valence-electron chi connectivity index (χ4n) is 1.78. The molecule has 1 amide bonds. The van der Waals surface area contributed by atoms with E-state index in [2.05, 4.69) is 21.2 Å². The van der Waals surface area contributed by atoms with Crippen molar-refractivity contribution >= 4 is 44.8 Å². The van der Waals surface area contributed by atoms with Gasteiger partial charge in [0.05, 0.1) is 15.1 Å². The lowest BCUT2D eigenvalue weighted by Crippen LogP contribution is -2.20. The first-order valence-electron chi connectivity index (χ1n) is 6.49. The molecule has 0 aliphatic rings. The lowest BCUT2D eigenvalue weighted by atomic mass is 10.2. The molecule has 6 nitrogen and oxygen atoms in total. The molecule has 0 heterocycles. The highest BCUT2D eigenvalue weighted by atomic mass is 79.9. The van der Waals surface area contributed by atoms with E-state index in [1.807, 2.05) is 0 Å². The van der Waals surface area contributed by atoms with E-state index in [9.17, 15) is 14.9 Å². The topological polar surface area (TPSA) is 81.5 Å². The minimum absolute atomic E-state index is 0.0905. The van der Waals surface area contributed by atoms with Crippen LogP contribution < -0.4 is 10.1 Å². The van der Waals surface area contributed by atoms with Gasteiger partial charge in [-0.2, -0.15) is 0 Å². The second kappa shape index (κ2) is 7.43. The third-order valence-corrected chi connectivity index (χ3v) is 3.81. The summed E-state index contributed by atoms with van der Waals surface area (Å²) in [6, 6.07) is 9.20. The van der Waals surface area contributed by atoms with Crippen molar-refractivity contribution in [2.75, 3.05) is 11.9 Å². The molecule has 0 atom stereocenters. The fourth-order valence-corrected chi connectivity index (χ4v) is 2.58. The van der Waals surface area contributed by atoms with Gasteiger partial charge in [0.2, 0.25) is 0 Å². The molecule has 2 aromatic rings. The molecular formula is C15H12BrClN2O4. The van der Waals surface area contributed by atoms with Crippen LogP contribution in [0.5, 0.6) is 5.75 Å². The maximum absolute atomic E-state index is 12.0. The normalized spacial score (nSPS) is 10.2. The summed E-state index contributed by atoms with van der Waals surface area (Å²) in [5.41, 5.74) is 1.01. The minimum atomic E-state index is -0.517. The number of carbonyl (C=O) groups is 1. The average molecular weight is 400 g/mol. The molecule has 8 heteroatoms. The van der Waals surface area contributed by atoms with E-state index in [-0.39, 0.29) is 12.3 Å². The molecule has 0 saturated heterocycles. The van der Waals surface area contributed by atoms with Crippen LogP contribution in [0.15, 0.2) is 40.9 Å². The molecule has 0 saturated carbocycles. The summed E-state index contributed by atoms with van der Waals surface area (Å²) in [6.45, 7) is 1.51. The molecule has 1 N–H and O–H groups in total. The highest BCUT2D eigenvalue weighted by molar-refractivity contribution is 9.10. The Labute approximate surface area is 145 Å². The number of hydrogen-bond acceptors (Lipinski definition) is 4. The number of ether oxygens (including phenoxy) is 1. The second-order valence-corrected chi connectivity index (χ2v) is 5.96. The largest absolute Gasteiger partial charge is 0.483 e. The maximum Gasteiger partial charge on any atom is 0.271 e. The molecule has 0 fully saturated rings. The number of benzene rings is 2. The van der Waals surface area contributed by atoms with Crippen molar-refractivity contribution in [1.82, 2.24) is 0 Å². The van der Waals surface area contributed by atoms with Gasteiger partial charge < -0.3 is 10.1 Å². The number of halogens is 2. The Morgan fingerprint density at radius 3 is 2.74 bits per heavy atom. The van der Waals surface area contributed by atoms with Gasteiger partial charge in [-0.25, -0.2) is 0 Å². The van der Waals surface area contributed by atoms with Crippen LogP contribution in [0.2, 0.25) is 5.02 Å². The summed E-state index contributed by atoms with van der Waals surface area (Å²) in [6.07, 6.45) is 0. The Kier molecular flexibility index (Phi) is 5.57. The van der Waals surface area contributed by atoms with Crippen molar-refractivity contribution in [3.05, 3.63) is 61.6 Å². The Morgan fingerprint density at radius 2 is 2.09 bits per heavy atom. The van der Waals surface area contributed by atoms with Crippen molar-refractivity contribution in [2.24, 2.45) is 0 Å². The lowest BCUT2D eigenvalue weighted by Gasteiger charge is -2.10. The average Bonchev–Trinajstić information content (AvgIpc) is 2.48. The first-order chi connectivity index (χ1) is 10.9. The van der Waals surface area contributed by atoms with Crippen molar-refractivity contribution in [1.29, 1.82) is 0 Å². The van der Waals surface area contributed by atoms with Crippen molar-refractivity contribution < 1.29 is 14.5 Å². The van der Waals surface area contributed by atoms with Crippen LogP contribution in [-0.4, -0.2) is 17.4 Å². The van der Waals surface area contributed by atoms with E-state index in [4.69, 9.17) is 16.3 Å². The number of carbonyl (C=O) groups excluding carboxylic acids is 1. The Bertz CT molecular complexity index is 767. The molecular weight excluding hydrogens is 388 g/mol. The summed E-state index contributed by atoms with van der Waals surface area (Å²) in [5.74, 6) is 0.0516. The van der Waals surface area contributed by atoms with Gasteiger partial charge in [0.15, 0.2) is 6.61 Å². The Morgan fingerprint density at radius 1 is 1.35 bits per heavy atom. The second-order valence-electron chi connectivity index (χ2n) is 4.67. The number of nitrogens with one attached hydrogen (secondary N) is 1. The molecule has 120 valence electrons. The van der Waals surface area contributed by atoms with Gasteiger partial charge in [-0.15, -0.1) is 0 Å².